The molecule has 10 nitrogen and oxygen atoms in total. The van der Waals surface area contributed by atoms with Crippen LogP contribution in [0.2, 0.25) is 10.0 Å². The molecule has 2 aromatic carbocycles. The van der Waals surface area contributed by atoms with E-state index in [-0.39, 0.29) is 40.1 Å². The molecule has 0 aliphatic carbocycles. The molecule has 164 valence electrons. The topological polar surface area (TPSA) is 154 Å². The summed E-state index contributed by atoms with van der Waals surface area (Å²) in [6, 6.07) is 5.90. The third kappa shape index (κ3) is 6.49. The van der Waals surface area contributed by atoms with Crippen molar-refractivity contribution in [2.24, 2.45) is 0 Å². The highest BCUT2D eigenvalue weighted by atomic mass is 35.5. The Morgan fingerprint density at radius 2 is 1.61 bits per heavy atom. The van der Waals surface area contributed by atoms with Crippen molar-refractivity contribution in [1.29, 1.82) is 0 Å². The monoisotopic (exact) mass is 469 g/mol. The summed E-state index contributed by atoms with van der Waals surface area (Å²) in [5.74, 6) is -4.64. The second-order valence-electron chi connectivity index (χ2n) is 5.91. The van der Waals surface area contributed by atoms with Crippen molar-refractivity contribution in [2.45, 2.75) is 6.92 Å². The molecule has 31 heavy (non-hydrogen) atoms. The second-order valence-corrected chi connectivity index (χ2v) is 6.76. The molecule has 0 aromatic heterocycles. The highest BCUT2D eigenvalue weighted by Gasteiger charge is 2.20. The number of rotatable bonds is 6. The van der Waals surface area contributed by atoms with Gasteiger partial charge in [0.05, 0.1) is 23.0 Å². The normalized spacial score (nSPS) is 10.2. The van der Waals surface area contributed by atoms with Gasteiger partial charge in [0.2, 0.25) is 0 Å². The summed E-state index contributed by atoms with van der Waals surface area (Å²) in [6.07, 6.45) is 0. The molecule has 3 amide bonds. The van der Waals surface area contributed by atoms with Crippen LogP contribution in [0.1, 0.15) is 17.3 Å². The van der Waals surface area contributed by atoms with Gasteiger partial charge in [-0.05, 0) is 37.3 Å². The molecule has 0 saturated carbocycles. The van der Waals surface area contributed by atoms with E-state index >= 15 is 0 Å². The first-order valence-electron chi connectivity index (χ1n) is 8.69. The predicted molar refractivity (Wildman–Crippen MR) is 112 cm³/mol. The minimum atomic E-state index is -1.21. The number of esters is 1. The number of halogens is 2. The van der Waals surface area contributed by atoms with Crippen molar-refractivity contribution >= 4 is 58.3 Å². The first-order valence-corrected chi connectivity index (χ1v) is 9.45. The van der Waals surface area contributed by atoms with E-state index in [9.17, 15) is 29.4 Å². The van der Waals surface area contributed by atoms with Crippen LogP contribution >= 0.6 is 23.2 Å². The van der Waals surface area contributed by atoms with Crippen LogP contribution in [0.4, 0.5) is 11.4 Å². The fourth-order valence-electron chi connectivity index (χ4n) is 2.26. The fraction of sp³-hybridized carbons (Fsp3) is 0.158. The Hall–Kier alpha value is -3.50. The number of ether oxygens (including phenoxy) is 1. The number of nitrogens with one attached hydrogen (secondary N) is 3. The standard InChI is InChI=1S/C19H17Cl2N3O7/c1-2-31-15(26)8-22-17(28)9-3-4-14(25)12(5-9)23-18(29)19(30)24-13-7-10(20)6-11(21)16(13)27/h3-7,25,27H,2,8H2,1H3,(H,22,28)(H,23,29)(H,24,30). The molecule has 0 heterocycles. The Morgan fingerprint density at radius 1 is 0.968 bits per heavy atom. The van der Waals surface area contributed by atoms with Crippen molar-refractivity contribution in [2.75, 3.05) is 23.8 Å². The van der Waals surface area contributed by atoms with E-state index in [2.05, 4.69) is 16.0 Å². The molecule has 0 radical (unpaired) electrons. The molecule has 0 spiro atoms. The number of amides is 3. The van der Waals surface area contributed by atoms with E-state index in [4.69, 9.17) is 27.9 Å². The SMILES string of the molecule is CCOC(=O)CNC(=O)c1ccc(O)c(NC(=O)C(=O)Nc2cc(Cl)cc(Cl)c2O)c1. The van der Waals surface area contributed by atoms with E-state index < -0.39 is 35.2 Å². The van der Waals surface area contributed by atoms with Gasteiger partial charge in [-0.3, -0.25) is 19.2 Å². The molecule has 0 aliphatic rings. The number of hydrogen-bond acceptors (Lipinski definition) is 7. The van der Waals surface area contributed by atoms with Crippen molar-refractivity contribution < 1.29 is 34.1 Å². The Labute approximate surface area is 186 Å². The maximum atomic E-state index is 12.2. The van der Waals surface area contributed by atoms with Crippen molar-refractivity contribution in [3.8, 4) is 11.5 Å². The van der Waals surface area contributed by atoms with Crippen LogP contribution < -0.4 is 16.0 Å². The summed E-state index contributed by atoms with van der Waals surface area (Å²) in [7, 11) is 0. The minimum Gasteiger partial charge on any atom is -0.506 e. The van der Waals surface area contributed by atoms with E-state index in [1.807, 2.05) is 0 Å². The quantitative estimate of drug-likeness (QED) is 0.247. The zero-order valence-electron chi connectivity index (χ0n) is 16.0. The van der Waals surface area contributed by atoms with Crippen LogP contribution in [-0.2, 0) is 19.1 Å². The second kappa shape index (κ2) is 10.5. The van der Waals surface area contributed by atoms with Gasteiger partial charge in [0.15, 0.2) is 5.75 Å². The summed E-state index contributed by atoms with van der Waals surface area (Å²) in [4.78, 5) is 47.8. The largest absolute Gasteiger partial charge is 0.506 e. The summed E-state index contributed by atoms with van der Waals surface area (Å²) < 4.78 is 4.69. The number of anilines is 2. The van der Waals surface area contributed by atoms with Gasteiger partial charge in [-0.25, -0.2) is 0 Å². The van der Waals surface area contributed by atoms with E-state index in [0.717, 1.165) is 12.1 Å². The average molecular weight is 470 g/mol. The Morgan fingerprint density at radius 3 is 2.26 bits per heavy atom. The molecule has 0 bridgehead atoms. The van der Waals surface area contributed by atoms with E-state index in [1.165, 1.54) is 18.2 Å². The Balaban J connectivity index is 2.09. The van der Waals surface area contributed by atoms with Crippen molar-refractivity contribution in [1.82, 2.24) is 5.32 Å². The van der Waals surface area contributed by atoms with E-state index in [1.54, 1.807) is 6.92 Å². The number of hydrogen-bond donors (Lipinski definition) is 5. The number of phenolic OH excluding ortho intramolecular Hbond substituents is 2. The van der Waals surface area contributed by atoms with Crippen LogP contribution in [0.25, 0.3) is 0 Å². The first-order chi connectivity index (χ1) is 14.6. The Bertz CT molecular complexity index is 1040. The van der Waals surface area contributed by atoms with Gasteiger partial charge in [0.1, 0.15) is 12.3 Å². The zero-order valence-corrected chi connectivity index (χ0v) is 17.5. The molecule has 12 heteroatoms. The molecule has 5 N–H and O–H groups in total. The third-order valence-electron chi connectivity index (χ3n) is 3.69. The first kappa shape index (κ1) is 23.8. The van der Waals surface area contributed by atoms with Crippen molar-refractivity contribution in [3.63, 3.8) is 0 Å². The third-order valence-corrected chi connectivity index (χ3v) is 4.19. The molecule has 0 aliphatic heterocycles. The number of carbonyl (C=O) groups excluding carboxylic acids is 4. The highest BCUT2D eigenvalue weighted by Crippen LogP contribution is 2.35. The zero-order chi connectivity index (χ0) is 23.1. The van der Waals surface area contributed by atoms with E-state index in [0.29, 0.717) is 0 Å². The molecule has 0 atom stereocenters. The number of carbonyl (C=O) groups is 4. The van der Waals surface area contributed by atoms with Gasteiger partial charge in [-0.15, -0.1) is 0 Å². The molecule has 0 saturated heterocycles. The number of benzene rings is 2. The molecular weight excluding hydrogens is 453 g/mol. The maximum Gasteiger partial charge on any atom is 0.325 e. The average Bonchev–Trinajstić information content (AvgIpc) is 2.71. The lowest BCUT2D eigenvalue weighted by Gasteiger charge is -2.11. The lowest BCUT2D eigenvalue weighted by atomic mass is 10.1. The van der Waals surface area contributed by atoms with Gasteiger partial charge in [-0.2, -0.15) is 0 Å². The van der Waals surface area contributed by atoms with Crippen molar-refractivity contribution in [3.05, 3.63) is 45.9 Å². The minimum absolute atomic E-state index is 0.00271. The number of phenols is 2. The number of aromatic hydroxyl groups is 2. The van der Waals surface area contributed by atoms with Crippen LogP contribution in [0.15, 0.2) is 30.3 Å². The van der Waals surface area contributed by atoms with Crippen LogP contribution in [-0.4, -0.2) is 47.1 Å². The maximum absolute atomic E-state index is 12.2. The predicted octanol–water partition coefficient (Wildman–Crippen LogP) is 2.27. The fourth-order valence-corrected chi connectivity index (χ4v) is 2.76. The lowest BCUT2D eigenvalue weighted by molar-refractivity contribution is -0.141. The smallest absolute Gasteiger partial charge is 0.325 e. The lowest BCUT2D eigenvalue weighted by Crippen LogP contribution is -2.31. The summed E-state index contributed by atoms with van der Waals surface area (Å²) in [5.41, 5.74) is -0.441. The Kier molecular flexibility index (Phi) is 8.06. The molecule has 2 aromatic rings. The molecular formula is C19H17Cl2N3O7. The summed E-state index contributed by atoms with van der Waals surface area (Å²) >= 11 is 11.6. The van der Waals surface area contributed by atoms with Gasteiger partial charge in [0, 0.05) is 10.6 Å². The van der Waals surface area contributed by atoms with Gasteiger partial charge >= 0.3 is 17.8 Å². The van der Waals surface area contributed by atoms with Crippen LogP contribution in [0, 0.1) is 0 Å². The molecule has 2 rings (SSSR count). The van der Waals surface area contributed by atoms with Gasteiger partial charge < -0.3 is 30.9 Å². The molecule has 0 fully saturated rings. The highest BCUT2D eigenvalue weighted by molar-refractivity contribution is 6.44. The van der Waals surface area contributed by atoms with Gasteiger partial charge in [0.25, 0.3) is 5.91 Å². The van der Waals surface area contributed by atoms with Crippen LogP contribution in [0.5, 0.6) is 11.5 Å². The molecule has 0 unspecified atom stereocenters. The summed E-state index contributed by atoms with van der Waals surface area (Å²) in [6.45, 7) is 1.40. The van der Waals surface area contributed by atoms with Crippen LogP contribution in [0.3, 0.4) is 0 Å². The summed E-state index contributed by atoms with van der Waals surface area (Å²) in [5, 5.41) is 26.3. The van der Waals surface area contributed by atoms with Gasteiger partial charge in [-0.1, -0.05) is 23.2 Å².